The Morgan fingerprint density at radius 1 is 1.39 bits per heavy atom. The fourth-order valence-corrected chi connectivity index (χ4v) is 3.44. The third-order valence-electron chi connectivity index (χ3n) is 2.47. The van der Waals surface area contributed by atoms with Gasteiger partial charge in [-0.15, -0.1) is 11.3 Å². The van der Waals surface area contributed by atoms with Crippen molar-refractivity contribution in [3.05, 3.63) is 27.1 Å². The number of halogens is 2. The van der Waals surface area contributed by atoms with Crippen LogP contribution in [0.15, 0.2) is 12.1 Å². The van der Waals surface area contributed by atoms with Gasteiger partial charge in [0.05, 0.1) is 16.8 Å². The fraction of sp³-hybridized carbons (Fsp3) is 0.250. The van der Waals surface area contributed by atoms with Crippen molar-refractivity contribution >= 4 is 50.5 Å². The van der Waals surface area contributed by atoms with Gasteiger partial charge in [0.1, 0.15) is 15.6 Å². The van der Waals surface area contributed by atoms with E-state index < -0.39 is 0 Å². The highest BCUT2D eigenvalue weighted by Crippen LogP contribution is 2.42. The van der Waals surface area contributed by atoms with Gasteiger partial charge in [0.25, 0.3) is 5.91 Å². The molecule has 0 atom stereocenters. The lowest BCUT2D eigenvalue weighted by atomic mass is 10.2. The molecule has 0 aliphatic heterocycles. The first kappa shape index (κ1) is 13.5. The normalized spacial score (nSPS) is 10.7. The Morgan fingerprint density at radius 2 is 2.11 bits per heavy atom. The molecule has 0 aliphatic rings. The second-order valence-corrected chi connectivity index (χ2v) is 5.34. The Morgan fingerprint density at radius 3 is 2.72 bits per heavy atom. The monoisotopic (exact) mass is 303 g/mol. The Kier molecular flexibility index (Phi) is 4.00. The maximum atomic E-state index is 11.8. The smallest absolute Gasteiger partial charge is 0.262 e. The molecule has 6 heteroatoms. The molecule has 1 aromatic heterocycles. The number of ether oxygens (including phenoxy) is 1. The zero-order valence-corrected chi connectivity index (χ0v) is 12.2. The Bertz CT molecular complexity index is 610. The van der Waals surface area contributed by atoms with E-state index in [0.717, 1.165) is 10.1 Å². The summed E-state index contributed by atoms with van der Waals surface area (Å²) in [6, 6.07) is 3.55. The first-order chi connectivity index (χ1) is 8.60. The van der Waals surface area contributed by atoms with Crippen LogP contribution in [0.4, 0.5) is 0 Å². The van der Waals surface area contributed by atoms with Crippen molar-refractivity contribution in [3.8, 4) is 5.75 Å². The van der Waals surface area contributed by atoms with Crippen LogP contribution in [0, 0.1) is 0 Å². The molecule has 2 aromatic rings. The average Bonchev–Trinajstić information content (AvgIpc) is 2.69. The second-order valence-electron chi connectivity index (χ2n) is 3.56. The van der Waals surface area contributed by atoms with E-state index in [1.54, 1.807) is 13.2 Å². The van der Waals surface area contributed by atoms with Gasteiger partial charge in [0, 0.05) is 11.9 Å². The maximum absolute atomic E-state index is 11.8. The lowest BCUT2D eigenvalue weighted by Crippen LogP contribution is -2.21. The summed E-state index contributed by atoms with van der Waals surface area (Å²) < 4.78 is 5.91. The highest BCUT2D eigenvalue weighted by molar-refractivity contribution is 7.22. The number of nitrogens with one attached hydrogen (secondary N) is 1. The molecule has 0 spiro atoms. The summed E-state index contributed by atoms with van der Waals surface area (Å²) in [7, 11) is 1.55. The largest absolute Gasteiger partial charge is 0.495 e. The third kappa shape index (κ3) is 2.16. The molecule has 96 valence electrons. The summed E-state index contributed by atoms with van der Waals surface area (Å²) in [5, 5.41) is 4.42. The van der Waals surface area contributed by atoms with Gasteiger partial charge >= 0.3 is 0 Å². The van der Waals surface area contributed by atoms with Crippen molar-refractivity contribution in [1.29, 1.82) is 0 Å². The number of fused-ring (bicyclic) bond motifs is 1. The Balaban J connectivity index is 2.62. The van der Waals surface area contributed by atoms with Crippen molar-refractivity contribution in [1.82, 2.24) is 5.32 Å². The van der Waals surface area contributed by atoms with Crippen molar-refractivity contribution in [3.63, 3.8) is 0 Å². The minimum Gasteiger partial charge on any atom is -0.495 e. The molecular formula is C12H11Cl2NO2S. The van der Waals surface area contributed by atoms with Crippen LogP contribution in [-0.4, -0.2) is 19.6 Å². The minimum absolute atomic E-state index is 0.182. The van der Waals surface area contributed by atoms with Crippen molar-refractivity contribution in [2.75, 3.05) is 13.7 Å². The van der Waals surface area contributed by atoms with E-state index in [-0.39, 0.29) is 5.91 Å². The number of amides is 1. The van der Waals surface area contributed by atoms with Gasteiger partial charge in [-0.1, -0.05) is 23.2 Å². The zero-order chi connectivity index (χ0) is 13.3. The minimum atomic E-state index is -0.182. The standard InChI is InChI=1S/C12H11Cl2NO2S/c1-3-15-12(16)11-8(13)6-4-5-7(17-2)9(14)10(6)18-11/h4-5H,3H2,1-2H3,(H,15,16). The molecule has 0 bridgehead atoms. The van der Waals surface area contributed by atoms with E-state index in [1.807, 2.05) is 13.0 Å². The summed E-state index contributed by atoms with van der Waals surface area (Å²) in [4.78, 5) is 12.3. The molecule has 0 fully saturated rings. The van der Waals surface area contributed by atoms with Crippen LogP contribution in [-0.2, 0) is 0 Å². The van der Waals surface area contributed by atoms with Crippen LogP contribution >= 0.6 is 34.5 Å². The number of hydrogen-bond acceptors (Lipinski definition) is 3. The molecule has 1 N–H and O–H groups in total. The molecular weight excluding hydrogens is 293 g/mol. The number of benzene rings is 1. The third-order valence-corrected chi connectivity index (χ3v) is 4.68. The van der Waals surface area contributed by atoms with Crippen LogP contribution in [0.1, 0.15) is 16.6 Å². The Hall–Kier alpha value is -0.970. The van der Waals surface area contributed by atoms with Gasteiger partial charge in [-0.2, -0.15) is 0 Å². The second kappa shape index (κ2) is 5.34. The number of methoxy groups -OCH3 is 1. The molecule has 3 nitrogen and oxygen atoms in total. The molecule has 1 heterocycles. The summed E-state index contributed by atoms with van der Waals surface area (Å²) in [5.41, 5.74) is 0. The SMILES string of the molecule is CCNC(=O)c1sc2c(Cl)c(OC)ccc2c1Cl. The Labute approximate surface area is 119 Å². The van der Waals surface area contributed by atoms with Gasteiger partial charge in [0.15, 0.2) is 0 Å². The molecule has 1 aromatic carbocycles. The molecule has 1 amide bonds. The predicted octanol–water partition coefficient (Wildman–Crippen LogP) is 3.97. The number of hydrogen-bond donors (Lipinski definition) is 1. The van der Waals surface area contributed by atoms with E-state index in [9.17, 15) is 4.79 Å². The van der Waals surface area contributed by atoms with Crippen LogP contribution < -0.4 is 10.1 Å². The first-order valence-corrected chi connectivity index (χ1v) is 6.90. The fourth-order valence-electron chi connectivity index (χ4n) is 1.62. The van der Waals surface area contributed by atoms with Crippen LogP contribution in [0.5, 0.6) is 5.75 Å². The van der Waals surface area contributed by atoms with Crippen LogP contribution in [0.2, 0.25) is 10.0 Å². The summed E-state index contributed by atoms with van der Waals surface area (Å²) in [6.45, 7) is 2.41. The van der Waals surface area contributed by atoms with E-state index in [1.165, 1.54) is 11.3 Å². The molecule has 0 aliphatic carbocycles. The summed E-state index contributed by atoms with van der Waals surface area (Å²) >= 11 is 13.7. The molecule has 0 unspecified atom stereocenters. The van der Waals surface area contributed by atoms with Crippen LogP contribution in [0.25, 0.3) is 10.1 Å². The van der Waals surface area contributed by atoms with E-state index in [2.05, 4.69) is 5.32 Å². The topological polar surface area (TPSA) is 38.3 Å². The molecule has 0 saturated carbocycles. The lowest BCUT2D eigenvalue weighted by Gasteiger charge is -2.02. The van der Waals surface area contributed by atoms with Crippen molar-refractivity contribution in [2.24, 2.45) is 0 Å². The highest BCUT2D eigenvalue weighted by atomic mass is 35.5. The quantitative estimate of drug-likeness (QED) is 0.932. The summed E-state index contributed by atoms with van der Waals surface area (Å²) in [5.74, 6) is 0.392. The van der Waals surface area contributed by atoms with Gasteiger partial charge in [-0.3, -0.25) is 4.79 Å². The molecule has 0 saturated heterocycles. The van der Waals surface area contributed by atoms with Gasteiger partial charge in [-0.05, 0) is 19.1 Å². The predicted molar refractivity (Wildman–Crippen MR) is 76.4 cm³/mol. The number of rotatable bonds is 3. The number of thiophene rings is 1. The average molecular weight is 304 g/mol. The van der Waals surface area contributed by atoms with Gasteiger partial charge < -0.3 is 10.1 Å². The van der Waals surface area contributed by atoms with Crippen LogP contribution in [0.3, 0.4) is 0 Å². The van der Waals surface area contributed by atoms with Gasteiger partial charge in [0.2, 0.25) is 0 Å². The van der Waals surface area contributed by atoms with Crippen molar-refractivity contribution in [2.45, 2.75) is 6.92 Å². The van der Waals surface area contributed by atoms with E-state index in [0.29, 0.717) is 27.2 Å². The summed E-state index contributed by atoms with van der Waals surface area (Å²) in [6.07, 6.45) is 0. The number of carbonyl (C=O) groups is 1. The zero-order valence-electron chi connectivity index (χ0n) is 9.84. The first-order valence-electron chi connectivity index (χ1n) is 5.32. The highest BCUT2D eigenvalue weighted by Gasteiger charge is 2.19. The van der Waals surface area contributed by atoms with E-state index in [4.69, 9.17) is 27.9 Å². The van der Waals surface area contributed by atoms with Crippen molar-refractivity contribution < 1.29 is 9.53 Å². The molecule has 2 rings (SSSR count). The maximum Gasteiger partial charge on any atom is 0.262 e. The lowest BCUT2D eigenvalue weighted by molar-refractivity contribution is 0.0960. The van der Waals surface area contributed by atoms with Gasteiger partial charge in [-0.25, -0.2) is 0 Å². The molecule has 0 radical (unpaired) electrons. The van der Waals surface area contributed by atoms with E-state index >= 15 is 0 Å². The number of carbonyl (C=O) groups excluding carboxylic acids is 1. The molecule has 18 heavy (non-hydrogen) atoms.